The first-order valence-electron chi connectivity index (χ1n) is 15.7. The van der Waals surface area contributed by atoms with Crippen molar-refractivity contribution in [1.29, 1.82) is 0 Å². The molecule has 5 rings (SSSR count). The summed E-state index contributed by atoms with van der Waals surface area (Å²) in [6.45, 7) is 5.75. The SMILES string of the molecule is CC(C)[C@@H](NC(=O)OCc1ccccc1)C(=O)C[C@@H](Cc1c[nH]c2ccccc12)C(=O)N[C@@H](Cc1ccccc1)C(=O)[C@@]1(C)CO1. The normalized spacial score (nSPS) is 17.6. The summed E-state index contributed by atoms with van der Waals surface area (Å²) in [4.78, 5) is 57.4. The van der Waals surface area contributed by atoms with E-state index >= 15 is 0 Å². The molecule has 46 heavy (non-hydrogen) atoms. The molecule has 4 atom stereocenters. The highest BCUT2D eigenvalue weighted by Crippen LogP contribution is 2.30. The molecular formula is C37H41N3O6. The number of aromatic nitrogens is 1. The molecule has 1 aliphatic heterocycles. The first-order chi connectivity index (χ1) is 22.1. The van der Waals surface area contributed by atoms with Gasteiger partial charge < -0.3 is 25.1 Å². The van der Waals surface area contributed by atoms with Crippen molar-refractivity contribution in [1.82, 2.24) is 15.6 Å². The number of hydrogen-bond acceptors (Lipinski definition) is 6. The molecule has 240 valence electrons. The van der Waals surface area contributed by atoms with Gasteiger partial charge in [0.1, 0.15) is 12.2 Å². The molecular weight excluding hydrogens is 582 g/mol. The third-order valence-corrected chi connectivity index (χ3v) is 8.47. The number of para-hydroxylation sites is 1. The van der Waals surface area contributed by atoms with Crippen molar-refractivity contribution in [2.24, 2.45) is 11.8 Å². The number of alkyl carbamates (subject to hydrolysis) is 1. The molecule has 9 heteroatoms. The molecule has 0 bridgehead atoms. The van der Waals surface area contributed by atoms with Gasteiger partial charge >= 0.3 is 6.09 Å². The summed E-state index contributed by atoms with van der Waals surface area (Å²) in [5.41, 5.74) is 2.57. The topological polar surface area (TPSA) is 130 Å². The Balaban J connectivity index is 1.35. The third-order valence-electron chi connectivity index (χ3n) is 8.47. The van der Waals surface area contributed by atoms with Crippen LogP contribution in [0.25, 0.3) is 10.9 Å². The van der Waals surface area contributed by atoms with Crippen molar-refractivity contribution in [3.8, 4) is 0 Å². The summed E-state index contributed by atoms with van der Waals surface area (Å²) < 4.78 is 10.8. The zero-order valence-electron chi connectivity index (χ0n) is 26.5. The first-order valence-corrected chi connectivity index (χ1v) is 15.7. The summed E-state index contributed by atoms with van der Waals surface area (Å²) in [6.07, 6.45) is 1.54. The lowest BCUT2D eigenvalue weighted by molar-refractivity contribution is -0.134. The first kappa shape index (κ1) is 32.6. The summed E-state index contributed by atoms with van der Waals surface area (Å²) in [5, 5.41) is 6.65. The minimum atomic E-state index is -0.943. The van der Waals surface area contributed by atoms with Crippen LogP contribution in [0, 0.1) is 11.8 Å². The maximum absolute atomic E-state index is 14.1. The zero-order chi connectivity index (χ0) is 32.7. The smallest absolute Gasteiger partial charge is 0.408 e. The number of Topliss-reactive ketones (excluding diaryl/α,β-unsaturated/α-hetero) is 2. The van der Waals surface area contributed by atoms with E-state index in [0.717, 1.165) is 27.6 Å². The average molecular weight is 624 g/mol. The lowest BCUT2D eigenvalue weighted by atomic mass is 9.87. The molecule has 3 N–H and O–H groups in total. The largest absolute Gasteiger partial charge is 0.445 e. The van der Waals surface area contributed by atoms with E-state index in [1.165, 1.54) is 0 Å². The lowest BCUT2D eigenvalue weighted by Gasteiger charge is -2.26. The molecule has 1 saturated heterocycles. The lowest BCUT2D eigenvalue weighted by Crippen LogP contribution is -2.50. The van der Waals surface area contributed by atoms with Gasteiger partial charge in [-0.1, -0.05) is 92.7 Å². The van der Waals surface area contributed by atoms with Crippen LogP contribution in [0.1, 0.15) is 43.9 Å². The van der Waals surface area contributed by atoms with Gasteiger partial charge in [-0.2, -0.15) is 0 Å². The van der Waals surface area contributed by atoms with Crippen LogP contribution in [0.15, 0.2) is 91.1 Å². The van der Waals surface area contributed by atoms with Crippen molar-refractivity contribution >= 4 is 34.5 Å². The van der Waals surface area contributed by atoms with E-state index < -0.39 is 35.6 Å². The fourth-order valence-corrected chi connectivity index (χ4v) is 5.67. The van der Waals surface area contributed by atoms with Gasteiger partial charge in [-0.25, -0.2) is 4.79 Å². The van der Waals surface area contributed by atoms with Crippen LogP contribution in [0.5, 0.6) is 0 Å². The summed E-state index contributed by atoms with van der Waals surface area (Å²) in [6, 6.07) is 24.8. The summed E-state index contributed by atoms with van der Waals surface area (Å²) in [5.74, 6) is -1.98. The number of carbonyl (C=O) groups is 4. The number of rotatable bonds is 15. The van der Waals surface area contributed by atoms with Crippen LogP contribution in [0.4, 0.5) is 4.79 Å². The van der Waals surface area contributed by atoms with E-state index in [2.05, 4.69) is 15.6 Å². The number of aromatic amines is 1. The fourth-order valence-electron chi connectivity index (χ4n) is 5.67. The van der Waals surface area contributed by atoms with E-state index in [9.17, 15) is 19.2 Å². The van der Waals surface area contributed by atoms with Crippen molar-refractivity contribution in [3.05, 3.63) is 108 Å². The van der Waals surface area contributed by atoms with Gasteiger partial charge in [0.2, 0.25) is 5.91 Å². The highest BCUT2D eigenvalue weighted by atomic mass is 16.6. The number of fused-ring (bicyclic) bond motifs is 1. The predicted molar refractivity (Wildman–Crippen MR) is 175 cm³/mol. The van der Waals surface area contributed by atoms with Crippen LogP contribution in [0.3, 0.4) is 0 Å². The molecule has 3 aromatic carbocycles. The molecule has 0 aliphatic carbocycles. The Morgan fingerprint density at radius 3 is 2.15 bits per heavy atom. The average Bonchev–Trinajstić information content (AvgIpc) is 3.69. The Morgan fingerprint density at radius 2 is 1.50 bits per heavy atom. The quantitative estimate of drug-likeness (QED) is 0.154. The number of H-pyrrole nitrogens is 1. The molecule has 1 aromatic heterocycles. The second-order valence-electron chi connectivity index (χ2n) is 12.5. The van der Waals surface area contributed by atoms with Gasteiger partial charge in [0.15, 0.2) is 11.6 Å². The van der Waals surface area contributed by atoms with Crippen molar-refractivity contribution in [2.45, 2.75) is 64.3 Å². The highest BCUT2D eigenvalue weighted by molar-refractivity contribution is 5.98. The molecule has 2 heterocycles. The second-order valence-corrected chi connectivity index (χ2v) is 12.5. The number of benzene rings is 3. The summed E-state index contributed by atoms with van der Waals surface area (Å²) >= 11 is 0. The molecule has 0 unspecified atom stereocenters. The van der Waals surface area contributed by atoms with Crippen LogP contribution in [-0.4, -0.2) is 52.8 Å². The molecule has 4 aromatic rings. The highest BCUT2D eigenvalue weighted by Gasteiger charge is 2.50. The Morgan fingerprint density at radius 1 is 0.870 bits per heavy atom. The molecule has 2 amide bonds. The van der Waals surface area contributed by atoms with Gasteiger partial charge in [-0.15, -0.1) is 0 Å². The maximum Gasteiger partial charge on any atom is 0.408 e. The van der Waals surface area contributed by atoms with Gasteiger partial charge in [0.25, 0.3) is 0 Å². The second kappa shape index (κ2) is 14.6. The Kier molecular flexibility index (Phi) is 10.3. The molecule has 1 aliphatic rings. The minimum absolute atomic E-state index is 0.0662. The number of amides is 2. The van der Waals surface area contributed by atoms with Crippen LogP contribution in [0.2, 0.25) is 0 Å². The molecule has 9 nitrogen and oxygen atoms in total. The van der Waals surface area contributed by atoms with E-state index in [0.29, 0.717) is 13.0 Å². The Labute approximate surface area is 269 Å². The zero-order valence-corrected chi connectivity index (χ0v) is 26.5. The van der Waals surface area contributed by atoms with Gasteiger partial charge in [0, 0.05) is 29.4 Å². The van der Waals surface area contributed by atoms with Crippen LogP contribution < -0.4 is 10.6 Å². The maximum atomic E-state index is 14.1. The standard InChI is InChI=1S/C37H41N3O6/c1-24(2)33(40-36(44)45-22-26-14-8-5-9-15-26)32(41)20-27(19-28-21-38-30-17-11-10-16-29(28)30)35(43)39-31(34(42)37(3)23-46-37)18-25-12-6-4-7-13-25/h4-17,21,24,27,31,33,38H,18-20,22-23H2,1-3H3,(H,39,43)(H,40,44)/t27-,31+,33-,37-/m1/s1. The molecule has 0 radical (unpaired) electrons. The van der Waals surface area contributed by atoms with Gasteiger partial charge in [-0.3, -0.25) is 14.4 Å². The molecule has 0 spiro atoms. The van der Waals surface area contributed by atoms with Crippen molar-refractivity contribution < 1.29 is 28.7 Å². The van der Waals surface area contributed by atoms with E-state index in [1.807, 2.05) is 105 Å². The molecule has 0 saturated carbocycles. The predicted octanol–water partition coefficient (Wildman–Crippen LogP) is 5.32. The summed E-state index contributed by atoms with van der Waals surface area (Å²) in [7, 11) is 0. The number of hydrogen-bond donors (Lipinski definition) is 3. The van der Waals surface area contributed by atoms with E-state index in [1.54, 1.807) is 6.92 Å². The van der Waals surface area contributed by atoms with Crippen LogP contribution >= 0.6 is 0 Å². The monoisotopic (exact) mass is 623 g/mol. The Hall–Kier alpha value is -4.76. The number of epoxide rings is 1. The molecule has 1 fully saturated rings. The van der Waals surface area contributed by atoms with Crippen molar-refractivity contribution in [3.63, 3.8) is 0 Å². The van der Waals surface area contributed by atoms with Crippen molar-refractivity contribution in [2.75, 3.05) is 6.61 Å². The van der Waals surface area contributed by atoms with Gasteiger partial charge in [0.05, 0.1) is 18.7 Å². The van der Waals surface area contributed by atoms with Gasteiger partial charge in [-0.05, 0) is 48.4 Å². The van der Waals surface area contributed by atoms with E-state index in [4.69, 9.17) is 9.47 Å². The van der Waals surface area contributed by atoms with E-state index in [-0.39, 0.29) is 36.9 Å². The fraction of sp³-hybridized carbons (Fsp3) is 0.351. The third kappa shape index (κ3) is 8.28. The van der Waals surface area contributed by atoms with Crippen LogP contribution in [-0.2, 0) is 43.3 Å². The Bertz CT molecular complexity index is 1660. The number of ketones is 2. The number of ether oxygens (including phenoxy) is 2. The number of nitrogens with one attached hydrogen (secondary N) is 3. The minimum Gasteiger partial charge on any atom is -0.445 e. The number of carbonyl (C=O) groups excluding carboxylic acids is 4.